The molecule has 1 aliphatic carbocycles. The van der Waals surface area contributed by atoms with Crippen molar-refractivity contribution in [1.82, 2.24) is 24.8 Å². The molecule has 0 bridgehead atoms. The van der Waals surface area contributed by atoms with Gasteiger partial charge in [0.2, 0.25) is 0 Å². The van der Waals surface area contributed by atoms with Crippen LogP contribution in [0.2, 0.25) is 0 Å². The van der Waals surface area contributed by atoms with E-state index in [9.17, 15) is 14.4 Å². The second kappa shape index (κ2) is 10.6. The van der Waals surface area contributed by atoms with Crippen LogP contribution in [0.1, 0.15) is 59.5 Å². The number of ether oxygens (including phenoxy) is 1. The third kappa shape index (κ3) is 5.39. The molecule has 1 saturated carbocycles. The van der Waals surface area contributed by atoms with Gasteiger partial charge in [0.05, 0.1) is 5.56 Å². The smallest absolute Gasteiger partial charge is 0.417 e. The van der Waals surface area contributed by atoms with Crippen molar-refractivity contribution in [3.05, 3.63) is 53.0 Å². The lowest BCUT2D eigenvalue weighted by Crippen LogP contribution is -2.38. The first-order valence-corrected chi connectivity index (χ1v) is 12.9. The Morgan fingerprint density at radius 2 is 2.06 bits per heavy atom. The summed E-state index contributed by atoms with van der Waals surface area (Å²) in [6.07, 6.45) is 4.93. The highest BCUT2D eigenvalue weighted by Crippen LogP contribution is 2.28. The number of aromatic nitrogens is 3. The van der Waals surface area contributed by atoms with Gasteiger partial charge in [0.1, 0.15) is 16.5 Å². The van der Waals surface area contributed by atoms with Crippen molar-refractivity contribution < 1.29 is 20.5 Å². The minimum atomic E-state index is -0.678. The Kier molecular flexibility index (Phi) is 7.53. The first-order chi connectivity index (χ1) is 16.8. The van der Waals surface area contributed by atoms with Crippen LogP contribution in [0.25, 0.3) is 5.52 Å². The number of amides is 3. The summed E-state index contributed by atoms with van der Waals surface area (Å²) >= 11 is 1.92. The van der Waals surface area contributed by atoms with Crippen LogP contribution in [0.4, 0.5) is 16.3 Å². The normalized spacial score (nSPS) is 12.9. The molecule has 2 aromatic heterocycles. The lowest BCUT2D eigenvalue weighted by Gasteiger charge is -2.18. The third-order valence-corrected chi connectivity index (χ3v) is 6.12. The Bertz CT molecular complexity index is 1290. The van der Waals surface area contributed by atoms with Gasteiger partial charge in [0.15, 0.2) is 5.82 Å². The summed E-state index contributed by atoms with van der Waals surface area (Å²) in [5.74, 6) is -0.0774. The molecule has 186 valence electrons. The zero-order chi connectivity index (χ0) is 25.1. The average molecular weight is 592 g/mol. The molecule has 35 heavy (non-hydrogen) atoms. The number of alkyl halides is 1. The Labute approximate surface area is 218 Å². The maximum Gasteiger partial charge on any atom is 0.417 e. The van der Waals surface area contributed by atoms with Crippen molar-refractivity contribution in [2.24, 2.45) is 0 Å². The Hall–Kier alpha value is -3.22. The zero-order valence-corrected chi connectivity index (χ0v) is 22.0. The molecule has 0 saturated heterocycles. The van der Waals surface area contributed by atoms with Crippen molar-refractivity contribution in [2.75, 3.05) is 16.5 Å². The van der Waals surface area contributed by atoms with E-state index in [0.29, 0.717) is 34.4 Å². The minimum absolute atomic E-state index is 0. The number of rotatable bonds is 8. The molecule has 4 rings (SSSR count). The first kappa shape index (κ1) is 24.9. The molecule has 1 fully saturated rings. The van der Waals surface area contributed by atoms with Gasteiger partial charge < -0.3 is 15.4 Å². The lowest BCUT2D eigenvalue weighted by molar-refractivity contribution is 0.0702. The van der Waals surface area contributed by atoms with Gasteiger partial charge in [-0.2, -0.15) is 5.10 Å². The molecule has 0 radical (unpaired) electrons. The molecular formula is C24H29IN6O4. The van der Waals surface area contributed by atoms with Crippen LogP contribution in [-0.4, -0.2) is 54.6 Å². The van der Waals surface area contributed by atoms with Crippen molar-refractivity contribution >= 4 is 57.5 Å². The molecule has 0 atom stereocenters. The van der Waals surface area contributed by atoms with E-state index in [-0.39, 0.29) is 24.5 Å². The van der Waals surface area contributed by atoms with E-state index in [2.05, 4.69) is 20.7 Å². The maximum atomic E-state index is 13.3. The van der Waals surface area contributed by atoms with Gasteiger partial charge in [-0.3, -0.25) is 9.59 Å². The lowest BCUT2D eigenvalue weighted by atomic mass is 10.1. The zero-order valence-electron chi connectivity index (χ0n) is 19.8. The number of carbonyl (C=O) groups is 3. The van der Waals surface area contributed by atoms with Crippen molar-refractivity contribution in [3.8, 4) is 0 Å². The number of imide groups is 1. The second-order valence-corrected chi connectivity index (χ2v) is 9.07. The summed E-state index contributed by atoms with van der Waals surface area (Å²) in [6, 6.07) is 5.73. The second-order valence-electron chi connectivity index (χ2n) is 8.45. The third-order valence-electron chi connectivity index (χ3n) is 5.81. The number of anilines is 2. The van der Waals surface area contributed by atoms with Crippen LogP contribution >= 0.6 is 22.6 Å². The quantitative estimate of drug-likeness (QED) is 0.290. The summed E-state index contributed by atoms with van der Waals surface area (Å²) in [5, 5.41) is 10.6. The summed E-state index contributed by atoms with van der Waals surface area (Å²) in [4.78, 5) is 43.7. The standard InChI is InChI=1S/C24H27IN6O4.H2/c1-4-9-30(24(34)35-12-25)23(33)18-11-31-20(15(18)3)21(26-13-27-31)29-19-10-16(6-5-14(19)2)22(32)28-17-7-8-17;/h5-6,10-11,13,17H,4,7-9,12H2,1-3H3,(H,28,32)(H,26,27,29);1H. The Balaban J connectivity index is 0.00000361. The van der Waals surface area contributed by atoms with Gasteiger partial charge in [0, 0.05) is 31.5 Å². The van der Waals surface area contributed by atoms with Crippen LogP contribution in [-0.2, 0) is 4.74 Å². The van der Waals surface area contributed by atoms with Crippen molar-refractivity contribution in [2.45, 2.75) is 46.1 Å². The highest BCUT2D eigenvalue weighted by molar-refractivity contribution is 14.1. The molecule has 1 aliphatic rings. The SMILES string of the molecule is CCCN(C(=O)OCI)C(=O)c1cn2ncnc(Nc3cc(C(=O)NC4CC4)ccc3C)c2c1C.[HH]. The fourth-order valence-corrected chi connectivity index (χ4v) is 4.03. The molecule has 11 heteroatoms. The van der Waals surface area contributed by atoms with E-state index in [1.54, 1.807) is 29.8 Å². The summed E-state index contributed by atoms with van der Waals surface area (Å²) < 4.78 is 6.77. The van der Waals surface area contributed by atoms with Crippen LogP contribution in [0.5, 0.6) is 0 Å². The number of carbonyl (C=O) groups excluding carboxylic acids is 3. The van der Waals surface area contributed by atoms with Gasteiger partial charge in [0.25, 0.3) is 11.8 Å². The van der Waals surface area contributed by atoms with E-state index >= 15 is 0 Å². The van der Waals surface area contributed by atoms with E-state index in [1.165, 1.54) is 6.33 Å². The maximum absolute atomic E-state index is 13.3. The van der Waals surface area contributed by atoms with E-state index in [0.717, 1.165) is 29.0 Å². The highest BCUT2D eigenvalue weighted by Gasteiger charge is 2.28. The first-order valence-electron chi connectivity index (χ1n) is 11.4. The van der Waals surface area contributed by atoms with Crippen molar-refractivity contribution in [1.29, 1.82) is 0 Å². The van der Waals surface area contributed by atoms with Crippen LogP contribution < -0.4 is 10.6 Å². The molecule has 2 N–H and O–H groups in total. The van der Waals surface area contributed by atoms with Gasteiger partial charge in [-0.15, -0.1) is 0 Å². The van der Waals surface area contributed by atoms with E-state index < -0.39 is 12.0 Å². The van der Waals surface area contributed by atoms with Gasteiger partial charge >= 0.3 is 6.09 Å². The average Bonchev–Trinajstić information content (AvgIpc) is 3.59. The number of benzene rings is 1. The van der Waals surface area contributed by atoms with Crippen LogP contribution in [0.3, 0.4) is 0 Å². The molecular weight excluding hydrogens is 563 g/mol. The van der Waals surface area contributed by atoms with Crippen LogP contribution in [0.15, 0.2) is 30.7 Å². The van der Waals surface area contributed by atoms with Crippen molar-refractivity contribution in [3.63, 3.8) is 0 Å². The predicted octanol–water partition coefficient (Wildman–Crippen LogP) is 4.61. The predicted molar refractivity (Wildman–Crippen MR) is 141 cm³/mol. The van der Waals surface area contributed by atoms with E-state index in [1.807, 2.05) is 42.5 Å². The summed E-state index contributed by atoms with van der Waals surface area (Å²) in [6.45, 7) is 5.85. The number of halogens is 1. The molecule has 2 heterocycles. The van der Waals surface area contributed by atoms with E-state index in [4.69, 9.17) is 4.74 Å². The highest BCUT2D eigenvalue weighted by atomic mass is 127. The Morgan fingerprint density at radius 3 is 2.74 bits per heavy atom. The monoisotopic (exact) mass is 592 g/mol. The largest absolute Gasteiger partial charge is 0.438 e. The number of hydrogen-bond acceptors (Lipinski definition) is 7. The topological polar surface area (TPSA) is 118 Å². The van der Waals surface area contributed by atoms with Gasteiger partial charge in [-0.1, -0.05) is 13.0 Å². The molecule has 10 nitrogen and oxygen atoms in total. The minimum Gasteiger partial charge on any atom is -0.438 e. The number of nitrogens with zero attached hydrogens (tertiary/aromatic N) is 4. The molecule has 0 unspecified atom stereocenters. The Morgan fingerprint density at radius 1 is 1.29 bits per heavy atom. The molecule has 0 aliphatic heterocycles. The summed E-state index contributed by atoms with van der Waals surface area (Å²) in [7, 11) is 0. The molecule has 0 spiro atoms. The fraction of sp³-hybridized carbons (Fsp3) is 0.375. The number of nitrogens with one attached hydrogen (secondary N) is 2. The van der Waals surface area contributed by atoms with Crippen LogP contribution in [0, 0.1) is 13.8 Å². The fourth-order valence-electron chi connectivity index (χ4n) is 3.76. The molecule has 3 amide bonds. The number of aryl methyl sites for hydroxylation is 2. The molecule has 3 aromatic rings. The number of hydrogen-bond donors (Lipinski definition) is 2. The summed E-state index contributed by atoms with van der Waals surface area (Å²) in [5.41, 5.74) is 3.77. The van der Waals surface area contributed by atoms with Gasteiger partial charge in [-0.05, 0) is 79.0 Å². The van der Waals surface area contributed by atoms with Gasteiger partial charge in [-0.25, -0.2) is 19.2 Å². The molecule has 1 aromatic carbocycles. The number of fused-ring (bicyclic) bond motifs is 1.